The van der Waals surface area contributed by atoms with E-state index in [1.54, 1.807) is 0 Å². The molecule has 0 unspecified atom stereocenters. The van der Waals surface area contributed by atoms with E-state index in [0.29, 0.717) is 4.60 Å². The lowest BCUT2D eigenvalue weighted by molar-refractivity contribution is 0.0686. The van der Waals surface area contributed by atoms with E-state index in [1.807, 2.05) is 0 Å². The van der Waals surface area contributed by atoms with Crippen LogP contribution < -0.4 is 4.72 Å². The smallest absolute Gasteiger partial charge is 0.352 e. The Kier molecular flexibility index (Phi) is 3.77. The maximum absolute atomic E-state index is 12.1. The van der Waals surface area contributed by atoms with Crippen LogP contribution >= 0.6 is 15.9 Å². The molecule has 0 aliphatic rings. The SMILES string of the molecule is Cn1cc(S(=O)(=O)Nc2cnc(Br)cn2)cc1C(=O)O. The van der Waals surface area contributed by atoms with E-state index in [9.17, 15) is 13.2 Å². The molecule has 20 heavy (non-hydrogen) atoms. The van der Waals surface area contributed by atoms with Crippen LogP contribution in [0.15, 0.2) is 34.2 Å². The molecule has 0 aromatic carbocycles. The summed E-state index contributed by atoms with van der Waals surface area (Å²) in [5.74, 6) is -1.17. The van der Waals surface area contributed by atoms with Crippen LogP contribution in [0.3, 0.4) is 0 Å². The van der Waals surface area contributed by atoms with Crippen LogP contribution in [0.1, 0.15) is 10.5 Å². The van der Waals surface area contributed by atoms with Gasteiger partial charge in [0.25, 0.3) is 10.0 Å². The third-order valence-electron chi connectivity index (χ3n) is 2.37. The van der Waals surface area contributed by atoms with Crippen molar-refractivity contribution < 1.29 is 18.3 Å². The number of hydrogen-bond donors (Lipinski definition) is 2. The Bertz CT molecular complexity index is 754. The molecular weight excluding hydrogens is 352 g/mol. The summed E-state index contributed by atoms with van der Waals surface area (Å²) in [6, 6.07) is 1.07. The molecule has 0 amide bonds. The van der Waals surface area contributed by atoms with Crippen molar-refractivity contribution in [2.24, 2.45) is 7.05 Å². The van der Waals surface area contributed by atoms with Gasteiger partial charge >= 0.3 is 5.97 Å². The van der Waals surface area contributed by atoms with E-state index in [4.69, 9.17) is 5.11 Å². The van der Waals surface area contributed by atoms with Gasteiger partial charge in [0.2, 0.25) is 0 Å². The van der Waals surface area contributed by atoms with Crippen LogP contribution in [0.4, 0.5) is 5.82 Å². The van der Waals surface area contributed by atoms with Crippen LogP contribution in [0.25, 0.3) is 0 Å². The number of aromatic carboxylic acids is 1. The highest BCUT2D eigenvalue weighted by Gasteiger charge is 2.20. The van der Waals surface area contributed by atoms with Gasteiger partial charge in [0.15, 0.2) is 5.82 Å². The Balaban J connectivity index is 2.33. The van der Waals surface area contributed by atoms with E-state index < -0.39 is 16.0 Å². The minimum Gasteiger partial charge on any atom is -0.477 e. The fourth-order valence-corrected chi connectivity index (χ4v) is 2.72. The molecule has 0 saturated carbocycles. The zero-order valence-electron chi connectivity index (χ0n) is 10.1. The first kappa shape index (κ1) is 14.5. The van der Waals surface area contributed by atoms with Gasteiger partial charge in [-0.25, -0.2) is 23.2 Å². The van der Waals surface area contributed by atoms with Crippen molar-refractivity contribution in [1.82, 2.24) is 14.5 Å². The van der Waals surface area contributed by atoms with Gasteiger partial charge in [-0.3, -0.25) is 4.72 Å². The fourth-order valence-electron chi connectivity index (χ4n) is 1.46. The molecule has 2 aromatic heterocycles. The number of rotatable bonds is 4. The van der Waals surface area contributed by atoms with Gasteiger partial charge < -0.3 is 9.67 Å². The first-order chi connectivity index (χ1) is 9.29. The van der Waals surface area contributed by atoms with Crippen molar-refractivity contribution in [3.05, 3.63) is 35.0 Å². The first-order valence-corrected chi connectivity index (χ1v) is 7.47. The summed E-state index contributed by atoms with van der Waals surface area (Å²) >= 11 is 3.08. The Morgan fingerprint density at radius 2 is 2.10 bits per heavy atom. The van der Waals surface area contributed by atoms with E-state index in [0.717, 1.165) is 6.07 Å². The second kappa shape index (κ2) is 5.21. The van der Waals surface area contributed by atoms with E-state index in [1.165, 1.54) is 30.2 Å². The third-order valence-corrected chi connectivity index (χ3v) is 4.10. The lowest BCUT2D eigenvalue weighted by Crippen LogP contribution is -2.13. The zero-order chi connectivity index (χ0) is 14.9. The summed E-state index contributed by atoms with van der Waals surface area (Å²) in [6.07, 6.45) is 3.78. The molecule has 0 atom stereocenters. The number of nitrogens with zero attached hydrogens (tertiary/aromatic N) is 3. The minimum atomic E-state index is -3.91. The number of aryl methyl sites for hydroxylation is 1. The molecule has 2 aromatic rings. The fraction of sp³-hybridized carbons (Fsp3) is 0.100. The number of carboxylic acid groups (broad SMARTS) is 1. The molecule has 2 rings (SSSR count). The molecule has 0 spiro atoms. The molecule has 0 aliphatic carbocycles. The Labute approximate surface area is 122 Å². The molecule has 2 N–H and O–H groups in total. The van der Waals surface area contributed by atoms with Gasteiger partial charge in [-0.2, -0.15) is 0 Å². The van der Waals surface area contributed by atoms with Crippen molar-refractivity contribution in [3.63, 3.8) is 0 Å². The van der Waals surface area contributed by atoms with Crippen molar-refractivity contribution in [2.45, 2.75) is 4.90 Å². The third kappa shape index (κ3) is 2.96. The Hall–Kier alpha value is -1.94. The summed E-state index contributed by atoms with van der Waals surface area (Å²) < 4.78 is 28.0. The summed E-state index contributed by atoms with van der Waals surface area (Å²) in [5, 5.41) is 8.90. The first-order valence-electron chi connectivity index (χ1n) is 5.19. The molecule has 8 nitrogen and oxygen atoms in total. The zero-order valence-corrected chi connectivity index (χ0v) is 12.5. The van der Waals surface area contributed by atoms with E-state index in [-0.39, 0.29) is 16.4 Å². The largest absolute Gasteiger partial charge is 0.477 e. The van der Waals surface area contributed by atoms with Crippen LogP contribution in [0, 0.1) is 0 Å². The van der Waals surface area contributed by atoms with E-state index >= 15 is 0 Å². The summed E-state index contributed by atoms with van der Waals surface area (Å²) in [6.45, 7) is 0. The maximum Gasteiger partial charge on any atom is 0.352 e. The predicted molar refractivity (Wildman–Crippen MR) is 72.9 cm³/mol. The average molecular weight is 361 g/mol. The van der Waals surface area contributed by atoms with Gasteiger partial charge in [-0.15, -0.1) is 0 Å². The highest BCUT2D eigenvalue weighted by atomic mass is 79.9. The number of carboxylic acids is 1. The van der Waals surface area contributed by atoms with Crippen molar-refractivity contribution in [3.8, 4) is 0 Å². The van der Waals surface area contributed by atoms with Gasteiger partial charge in [0.05, 0.1) is 12.4 Å². The molecule has 0 saturated heterocycles. The summed E-state index contributed by atoms with van der Waals surface area (Å²) in [7, 11) is -2.47. The van der Waals surface area contributed by atoms with Crippen LogP contribution in [0.2, 0.25) is 0 Å². The normalized spacial score (nSPS) is 11.3. The second-order valence-electron chi connectivity index (χ2n) is 3.81. The Morgan fingerprint density at radius 3 is 2.60 bits per heavy atom. The number of anilines is 1. The molecule has 106 valence electrons. The number of carbonyl (C=O) groups is 1. The second-order valence-corrected chi connectivity index (χ2v) is 6.30. The highest BCUT2D eigenvalue weighted by molar-refractivity contribution is 9.10. The number of aromatic nitrogens is 3. The molecular formula is C10H9BrN4O4S. The molecule has 0 fully saturated rings. The monoisotopic (exact) mass is 360 g/mol. The predicted octanol–water partition coefficient (Wildman–Crippen LogP) is 1.08. The van der Waals surface area contributed by atoms with Crippen molar-refractivity contribution in [1.29, 1.82) is 0 Å². The van der Waals surface area contributed by atoms with Gasteiger partial charge in [-0.1, -0.05) is 0 Å². The maximum atomic E-state index is 12.1. The molecule has 2 heterocycles. The minimum absolute atomic E-state index is 0.0360. The number of nitrogens with one attached hydrogen (secondary N) is 1. The lowest BCUT2D eigenvalue weighted by Gasteiger charge is -2.04. The molecule has 0 radical (unpaired) electrons. The summed E-state index contributed by atoms with van der Waals surface area (Å²) in [4.78, 5) is 18.4. The van der Waals surface area contributed by atoms with Gasteiger partial charge in [0, 0.05) is 13.2 Å². The lowest BCUT2D eigenvalue weighted by atomic mass is 10.4. The number of sulfonamides is 1. The quantitative estimate of drug-likeness (QED) is 0.842. The standard InChI is InChI=1S/C10H9BrN4O4S/c1-15-5-6(2-7(15)10(16)17)20(18,19)14-9-4-12-8(11)3-13-9/h2-5H,1H3,(H,13,14)(H,16,17). The van der Waals surface area contributed by atoms with Crippen LogP contribution in [-0.2, 0) is 17.1 Å². The Morgan fingerprint density at radius 1 is 1.40 bits per heavy atom. The molecule has 10 heteroatoms. The average Bonchev–Trinajstić information content (AvgIpc) is 2.75. The number of hydrogen-bond acceptors (Lipinski definition) is 5. The molecule has 0 aliphatic heterocycles. The van der Waals surface area contributed by atoms with Gasteiger partial charge in [0.1, 0.15) is 15.2 Å². The highest BCUT2D eigenvalue weighted by Crippen LogP contribution is 2.17. The topological polar surface area (TPSA) is 114 Å². The van der Waals surface area contributed by atoms with Gasteiger partial charge in [-0.05, 0) is 22.0 Å². The van der Waals surface area contributed by atoms with Crippen molar-refractivity contribution >= 4 is 37.7 Å². The number of halogens is 1. The van der Waals surface area contributed by atoms with Crippen LogP contribution in [-0.4, -0.2) is 34.0 Å². The van der Waals surface area contributed by atoms with Crippen molar-refractivity contribution in [2.75, 3.05) is 4.72 Å². The summed E-state index contributed by atoms with van der Waals surface area (Å²) in [5.41, 5.74) is -0.132. The van der Waals surface area contributed by atoms with E-state index in [2.05, 4.69) is 30.6 Å². The molecule has 0 bridgehead atoms. The van der Waals surface area contributed by atoms with Crippen LogP contribution in [0.5, 0.6) is 0 Å².